The first-order chi connectivity index (χ1) is 8.58. The van der Waals surface area contributed by atoms with Gasteiger partial charge in [0.2, 0.25) is 11.9 Å². The molecule has 2 rings (SSSR count). The van der Waals surface area contributed by atoms with E-state index in [1.54, 1.807) is 0 Å². The predicted molar refractivity (Wildman–Crippen MR) is 71.3 cm³/mol. The molecule has 0 aliphatic heterocycles. The number of aromatic nitrogens is 3. The van der Waals surface area contributed by atoms with Crippen LogP contribution < -0.4 is 11.1 Å². The van der Waals surface area contributed by atoms with E-state index >= 15 is 0 Å². The van der Waals surface area contributed by atoms with Gasteiger partial charge in [0.1, 0.15) is 0 Å². The Balaban J connectivity index is 1.80. The van der Waals surface area contributed by atoms with Gasteiger partial charge in [-0.25, -0.2) is 0 Å². The number of anilines is 1. The summed E-state index contributed by atoms with van der Waals surface area (Å²) in [5, 5.41) is 11.6. The fourth-order valence-electron chi connectivity index (χ4n) is 1.63. The topological polar surface area (TPSA) is 85.8 Å². The summed E-state index contributed by atoms with van der Waals surface area (Å²) in [6.45, 7) is 4.06. The monoisotopic (exact) mass is 269 g/mol. The maximum absolute atomic E-state index is 11.5. The lowest BCUT2D eigenvalue weighted by Crippen LogP contribution is -2.25. The van der Waals surface area contributed by atoms with Crippen molar-refractivity contribution in [2.45, 2.75) is 50.4 Å². The van der Waals surface area contributed by atoms with E-state index in [4.69, 9.17) is 5.73 Å². The summed E-state index contributed by atoms with van der Waals surface area (Å²) in [6, 6.07) is 0.653. The smallest absolute Gasteiger partial charge is 0.222 e. The molecular formula is C11H19N5OS. The van der Waals surface area contributed by atoms with Crippen LogP contribution in [0, 0.1) is 0 Å². The van der Waals surface area contributed by atoms with E-state index in [0.29, 0.717) is 24.2 Å². The third-order valence-corrected chi connectivity index (χ3v) is 3.65. The van der Waals surface area contributed by atoms with E-state index in [0.717, 1.165) is 18.0 Å². The third kappa shape index (κ3) is 3.38. The van der Waals surface area contributed by atoms with Crippen molar-refractivity contribution in [2.75, 3.05) is 11.5 Å². The summed E-state index contributed by atoms with van der Waals surface area (Å²) < 4.78 is 1.88. The van der Waals surface area contributed by atoms with Gasteiger partial charge in [-0.15, -0.1) is 10.2 Å². The van der Waals surface area contributed by atoms with Crippen LogP contribution in [0.5, 0.6) is 0 Å². The number of rotatable bonds is 6. The number of nitrogens with one attached hydrogen (secondary N) is 1. The molecule has 1 heterocycles. The zero-order chi connectivity index (χ0) is 13.1. The van der Waals surface area contributed by atoms with E-state index in [9.17, 15) is 4.79 Å². The molecule has 0 bridgehead atoms. The largest absolute Gasteiger partial charge is 0.368 e. The van der Waals surface area contributed by atoms with E-state index in [1.165, 1.54) is 11.8 Å². The summed E-state index contributed by atoms with van der Waals surface area (Å²) in [6.07, 6.45) is 2.75. The van der Waals surface area contributed by atoms with Gasteiger partial charge in [0.05, 0.1) is 0 Å². The van der Waals surface area contributed by atoms with Gasteiger partial charge in [-0.05, 0) is 26.7 Å². The molecule has 3 N–H and O–H groups in total. The Morgan fingerprint density at radius 3 is 2.89 bits per heavy atom. The molecule has 1 aromatic heterocycles. The number of hydrogen-bond donors (Lipinski definition) is 2. The summed E-state index contributed by atoms with van der Waals surface area (Å²) in [5.41, 5.74) is 5.74. The fraction of sp³-hybridized carbons (Fsp3) is 0.727. The maximum Gasteiger partial charge on any atom is 0.222 e. The molecule has 6 nitrogen and oxygen atoms in total. The number of carbonyl (C=O) groups excluding carboxylic acids is 1. The highest BCUT2D eigenvalue weighted by atomic mass is 32.2. The lowest BCUT2D eigenvalue weighted by molar-refractivity contribution is -0.120. The average molecular weight is 269 g/mol. The number of amides is 1. The van der Waals surface area contributed by atoms with Crippen LogP contribution in [-0.2, 0) is 4.79 Å². The number of nitrogen functional groups attached to an aromatic ring is 1. The Morgan fingerprint density at radius 1 is 1.56 bits per heavy atom. The van der Waals surface area contributed by atoms with Crippen LogP contribution in [-0.4, -0.2) is 32.5 Å². The van der Waals surface area contributed by atoms with Crippen LogP contribution in [0.4, 0.5) is 5.95 Å². The van der Waals surface area contributed by atoms with Gasteiger partial charge in [-0.1, -0.05) is 11.8 Å². The number of carbonyl (C=O) groups is 1. The second kappa shape index (κ2) is 5.60. The molecular weight excluding hydrogens is 250 g/mol. The molecule has 1 aliphatic rings. The van der Waals surface area contributed by atoms with Crippen LogP contribution in [0.15, 0.2) is 5.16 Å². The number of hydrogen-bond acceptors (Lipinski definition) is 5. The van der Waals surface area contributed by atoms with Gasteiger partial charge >= 0.3 is 0 Å². The van der Waals surface area contributed by atoms with Crippen molar-refractivity contribution in [3.05, 3.63) is 0 Å². The molecule has 0 radical (unpaired) electrons. The Bertz CT molecular complexity index is 427. The molecule has 0 saturated heterocycles. The minimum atomic E-state index is 0.119. The molecule has 0 spiro atoms. The van der Waals surface area contributed by atoms with Crippen molar-refractivity contribution >= 4 is 23.6 Å². The Labute approximate surface area is 111 Å². The first-order valence-corrected chi connectivity index (χ1v) is 7.19. The molecule has 1 aromatic rings. The van der Waals surface area contributed by atoms with Crippen molar-refractivity contribution in [1.29, 1.82) is 0 Å². The molecule has 0 atom stereocenters. The molecule has 1 fully saturated rings. The third-order valence-electron chi connectivity index (χ3n) is 2.71. The first kappa shape index (κ1) is 13.2. The summed E-state index contributed by atoms with van der Waals surface area (Å²) in [5.74, 6) is 1.24. The first-order valence-electron chi connectivity index (χ1n) is 6.20. The molecule has 0 aromatic carbocycles. The van der Waals surface area contributed by atoms with Gasteiger partial charge in [-0.2, -0.15) is 0 Å². The van der Waals surface area contributed by atoms with E-state index in [2.05, 4.69) is 15.5 Å². The number of nitrogens with two attached hydrogens (primary N) is 1. The summed E-state index contributed by atoms with van der Waals surface area (Å²) >= 11 is 1.52. The second-order valence-corrected chi connectivity index (χ2v) is 5.81. The zero-order valence-corrected chi connectivity index (χ0v) is 11.5. The van der Waals surface area contributed by atoms with Crippen molar-refractivity contribution < 1.29 is 4.79 Å². The minimum absolute atomic E-state index is 0.119. The molecule has 18 heavy (non-hydrogen) atoms. The van der Waals surface area contributed by atoms with E-state index < -0.39 is 0 Å². The number of nitrogens with zero attached hydrogens (tertiary/aromatic N) is 3. The maximum atomic E-state index is 11.5. The second-order valence-electron chi connectivity index (χ2n) is 4.74. The van der Waals surface area contributed by atoms with Crippen LogP contribution in [0.3, 0.4) is 0 Å². The average Bonchev–Trinajstić information content (AvgIpc) is 3.01. The number of thioether (sulfide) groups is 1. The van der Waals surface area contributed by atoms with Crippen LogP contribution in [0.25, 0.3) is 0 Å². The SMILES string of the molecule is CC(C)n1c(N)nnc1SCCC(=O)NC1CC1. The zero-order valence-electron chi connectivity index (χ0n) is 10.7. The normalized spacial score (nSPS) is 15.1. The van der Waals surface area contributed by atoms with E-state index in [1.807, 2.05) is 18.4 Å². The van der Waals surface area contributed by atoms with Crippen LogP contribution in [0.2, 0.25) is 0 Å². The quantitative estimate of drug-likeness (QED) is 0.758. The van der Waals surface area contributed by atoms with Crippen molar-refractivity contribution in [1.82, 2.24) is 20.1 Å². The van der Waals surface area contributed by atoms with Crippen molar-refractivity contribution in [3.63, 3.8) is 0 Å². The van der Waals surface area contributed by atoms with Gasteiger partial charge in [0.15, 0.2) is 5.16 Å². The summed E-state index contributed by atoms with van der Waals surface area (Å²) in [7, 11) is 0. The van der Waals surface area contributed by atoms with Gasteiger partial charge in [-0.3, -0.25) is 9.36 Å². The van der Waals surface area contributed by atoms with Gasteiger partial charge < -0.3 is 11.1 Å². The standard InChI is InChI=1S/C11H19N5OS/c1-7(2)16-10(12)14-15-11(16)18-6-5-9(17)13-8-3-4-8/h7-8H,3-6H2,1-2H3,(H2,12,14)(H,13,17). The lowest BCUT2D eigenvalue weighted by Gasteiger charge is -2.11. The van der Waals surface area contributed by atoms with Crippen LogP contribution in [0.1, 0.15) is 39.2 Å². The highest BCUT2D eigenvalue weighted by molar-refractivity contribution is 7.99. The van der Waals surface area contributed by atoms with Crippen molar-refractivity contribution in [2.24, 2.45) is 0 Å². The Kier molecular flexibility index (Phi) is 4.11. The molecule has 7 heteroatoms. The predicted octanol–water partition coefficient (Wildman–Crippen LogP) is 1.20. The molecule has 0 unspecified atom stereocenters. The molecule has 1 amide bonds. The highest BCUT2D eigenvalue weighted by Crippen LogP contribution is 2.23. The summed E-state index contributed by atoms with van der Waals surface area (Å²) in [4.78, 5) is 11.5. The van der Waals surface area contributed by atoms with Crippen LogP contribution >= 0.6 is 11.8 Å². The van der Waals surface area contributed by atoms with Gasteiger partial charge in [0, 0.05) is 24.3 Å². The fourth-order valence-corrected chi connectivity index (χ4v) is 2.65. The minimum Gasteiger partial charge on any atom is -0.368 e. The molecule has 1 saturated carbocycles. The Morgan fingerprint density at radius 2 is 2.28 bits per heavy atom. The molecule has 100 valence electrons. The Hall–Kier alpha value is -1.24. The lowest BCUT2D eigenvalue weighted by atomic mass is 10.4. The van der Waals surface area contributed by atoms with Gasteiger partial charge in [0.25, 0.3) is 0 Å². The van der Waals surface area contributed by atoms with E-state index in [-0.39, 0.29) is 11.9 Å². The van der Waals surface area contributed by atoms with Crippen molar-refractivity contribution in [3.8, 4) is 0 Å². The highest BCUT2D eigenvalue weighted by Gasteiger charge is 2.23. The molecule has 1 aliphatic carbocycles.